The fourth-order valence-electron chi connectivity index (χ4n) is 4.73. The van der Waals surface area contributed by atoms with Gasteiger partial charge in [0, 0.05) is 5.54 Å². The fraction of sp³-hybridized carbons (Fsp3) is 1.00. The second-order valence-corrected chi connectivity index (χ2v) is 7.75. The molecule has 1 heteroatoms. The molecule has 3 unspecified atom stereocenters. The van der Waals surface area contributed by atoms with E-state index in [-0.39, 0.29) is 5.54 Å². The Morgan fingerprint density at radius 3 is 1.95 bits per heavy atom. The van der Waals surface area contributed by atoms with Crippen LogP contribution in [0.4, 0.5) is 0 Å². The van der Waals surface area contributed by atoms with Gasteiger partial charge >= 0.3 is 0 Å². The highest BCUT2D eigenvalue weighted by atomic mass is 14.8. The predicted molar refractivity (Wildman–Crippen MR) is 88.8 cm³/mol. The molecular formula is C19H37N. The molecule has 0 aromatic carbocycles. The highest BCUT2D eigenvalue weighted by molar-refractivity contribution is 5.03. The molecule has 0 aliphatic heterocycles. The van der Waals surface area contributed by atoms with Crippen molar-refractivity contribution in [1.82, 2.24) is 0 Å². The van der Waals surface area contributed by atoms with Crippen LogP contribution in [-0.2, 0) is 0 Å². The quantitative estimate of drug-likeness (QED) is 0.474. The predicted octanol–water partition coefficient (Wildman–Crippen LogP) is 5.81. The Hall–Kier alpha value is -0.0400. The van der Waals surface area contributed by atoms with Crippen LogP contribution in [0, 0.1) is 11.8 Å². The normalized spacial score (nSPS) is 32.1. The molecule has 0 aromatic heterocycles. The van der Waals surface area contributed by atoms with Crippen molar-refractivity contribution in [3.63, 3.8) is 0 Å². The first-order valence-electron chi connectivity index (χ1n) is 9.53. The maximum atomic E-state index is 6.65. The van der Waals surface area contributed by atoms with Crippen LogP contribution in [0.25, 0.3) is 0 Å². The van der Waals surface area contributed by atoms with Crippen molar-refractivity contribution in [2.75, 3.05) is 0 Å². The topological polar surface area (TPSA) is 26.0 Å². The van der Waals surface area contributed by atoms with Crippen molar-refractivity contribution < 1.29 is 0 Å². The van der Waals surface area contributed by atoms with Crippen molar-refractivity contribution >= 4 is 0 Å². The maximum absolute atomic E-state index is 6.65. The van der Waals surface area contributed by atoms with Crippen molar-refractivity contribution in [3.05, 3.63) is 0 Å². The molecule has 2 aliphatic carbocycles. The third kappa shape index (κ3) is 4.76. The highest BCUT2D eigenvalue weighted by Gasteiger charge is 2.47. The Morgan fingerprint density at radius 2 is 1.45 bits per heavy atom. The van der Waals surface area contributed by atoms with Crippen molar-refractivity contribution in [3.8, 4) is 0 Å². The van der Waals surface area contributed by atoms with Gasteiger partial charge in [-0.2, -0.15) is 0 Å². The Morgan fingerprint density at radius 1 is 0.850 bits per heavy atom. The number of nitrogens with two attached hydrogens (primary N) is 1. The first-order valence-corrected chi connectivity index (χ1v) is 9.53. The molecule has 2 rings (SSSR count). The summed E-state index contributed by atoms with van der Waals surface area (Å²) in [6.07, 6.45) is 21.3. The van der Waals surface area contributed by atoms with Crippen molar-refractivity contribution in [2.24, 2.45) is 17.6 Å². The summed E-state index contributed by atoms with van der Waals surface area (Å²) in [5, 5.41) is 0. The van der Waals surface area contributed by atoms with E-state index in [1.54, 1.807) is 0 Å². The summed E-state index contributed by atoms with van der Waals surface area (Å²) in [6.45, 7) is 2.29. The molecule has 3 atom stereocenters. The summed E-state index contributed by atoms with van der Waals surface area (Å²) >= 11 is 0. The smallest absolute Gasteiger partial charge is 0.0185 e. The van der Waals surface area contributed by atoms with Crippen LogP contribution in [0.3, 0.4) is 0 Å². The number of unbranched alkanes of at least 4 members (excludes halogenated alkanes) is 9. The van der Waals surface area contributed by atoms with Gasteiger partial charge < -0.3 is 5.73 Å². The van der Waals surface area contributed by atoms with E-state index in [0.717, 1.165) is 11.8 Å². The fourth-order valence-corrected chi connectivity index (χ4v) is 4.73. The summed E-state index contributed by atoms with van der Waals surface area (Å²) in [5.74, 6) is 1.87. The molecule has 2 N–H and O–H groups in total. The number of hydrogen-bond donors (Lipinski definition) is 1. The van der Waals surface area contributed by atoms with Crippen LogP contribution in [0.5, 0.6) is 0 Å². The van der Waals surface area contributed by atoms with Crippen LogP contribution < -0.4 is 5.73 Å². The molecule has 118 valence electrons. The van der Waals surface area contributed by atoms with E-state index < -0.39 is 0 Å². The van der Waals surface area contributed by atoms with Gasteiger partial charge in [0.2, 0.25) is 0 Å². The van der Waals surface area contributed by atoms with Gasteiger partial charge in [0.15, 0.2) is 0 Å². The Bertz CT molecular complexity index is 262. The zero-order valence-electron chi connectivity index (χ0n) is 13.8. The second-order valence-electron chi connectivity index (χ2n) is 7.75. The molecule has 0 radical (unpaired) electrons. The first kappa shape index (κ1) is 16.3. The zero-order chi connectivity index (χ0) is 14.3. The van der Waals surface area contributed by atoms with Crippen molar-refractivity contribution in [2.45, 2.75) is 109 Å². The Kier molecular flexibility index (Phi) is 6.87. The largest absolute Gasteiger partial charge is 0.325 e. The summed E-state index contributed by atoms with van der Waals surface area (Å²) in [7, 11) is 0. The molecule has 2 bridgehead atoms. The second kappa shape index (κ2) is 8.41. The van der Waals surface area contributed by atoms with E-state index in [1.165, 1.54) is 96.3 Å². The maximum Gasteiger partial charge on any atom is 0.0185 e. The molecule has 0 amide bonds. The van der Waals surface area contributed by atoms with Gasteiger partial charge in [0.25, 0.3) is 0 Å². The minimum absolute atomic E-state index is 0.253. The monoisotopic (exact) mass is 279 g/mol. The van der Waals surface area contributed by atoms with E-state index >= 15 is 0 Å². The molecule has 2 aliphatic rings. The van der Waals surface area contributed by atoms with Gasteiger partial charge in [-0.1, -0.05) is 77.6 Å². The van der Waals surface area contributed by atoms with Gasteiger partial charge in [-0.05, 0) is 37.5 Å². The first-order chi connectivity index (χ1) is 9.74. The molecule has 1 nitrogen and oxygen atoms in total. The molecule has 0 saturated heterocycles. The van der Waals surface area contributed by atoms with E-state index in [4.69, 9.17) is 5.73 Å². The van der Waals surface area contributed by atoms with E-state index in [9.17, 15) is 0 Å². The van der Waals surface area contributed by atoms with Crippen LogP contribution in [-0.4, -0.2) is 5.54 Å². The zero-order valence-corrected chi connectivity index (χ0v) is 13.8. The van der Waals surface area contributed by atoms with Crippen LogP contribution in [0.15, 0.2) is 0 Å². The number of rotatable bonds is 11. The highest BCUT2D eigenvalue weighted by Crippen LogP contribution is 2.51. The standard InChI is InChI=1S/C19H37N/c1-2-3-4-5-6-7-8-9-10-11-14-19(20)16-17-12-13-18(19)15-17/h17-18H,2-16,20H2,1H3. The lowest BCUT2D eigenvalue weighted by atomic mass is 9.78. The molecule has 0 heterocycles. The molecular weight excluding hydrogens is 242 g/mol. The van der Waals surface area contributed by atoms with Gasteiger partial charge in [0.1, 0.15) is 0 Å². The molecule has 2 saturated carbocycles. The summed E-state index contributed by atoms with van der Waals surface area (Å²) in [4.78, 5) is 0. The van der Waals surface area contributed by atoms with Gasteiger partial charge in [0.05, 0.1) is 0 Å². The third-order valence-corrected chi connectivity index (χ3v) is 6.02. The lowest BCUT2D eigenvalue weighted by Crippen LogP contribution is -2.44. The van der Waals surface area contributed by atoms with Crippen LogP contribution >= 0.6 is 0 Å². The van der Waals surface area contributed by atoms with Gasteiger partial charge in [-0.3, -0.25) is 0 Å². The lowest BCUT2D eigenvalue weighted by molar-refractivity contribution is 0.246. The molecule has 0 spiro atoms. The van der Waals surface area contributed by atoms with Gasteiger partial charge in [-0.25, -0.2) is 0 Å². The Balaban J connectivity index is 1.41. The summed E-state index contributed by atoms with van der Waals surface area (Å²) in [5.41, 5.74) is 6.91. The summed E-state index contributed by atoms with van der Waals surface area (Å²) in [6, 6.07) is 0. The minimum Gasteiger partial charge on any atom is -0.325 e. The third-order valence-electron chi connectivity index (χ3n) is 6.02. The van der Waals surface area contributed by atoms with Crippen LogP contribution in [0.2, 0.25) is 0 Å². The molecule has 2 fully saturated rings. The Labute approximate surface area is 127 Å². The average Bonchev–Trinajstić information content (AvgIpc) is 3.01. The number of fused-ring (bicyclic) bond motifs is 2. The minimum atomic E-state index is 0.253. The molecule has 20 heavy (non-hydrogen) atoms. The van der Waals surface area contributed by atoms with Crippen molar-refractivity contribution in [1.29, 1.82) is 0 Å². The SMILES string of the molecule is CCCCCCCCCCCCC1(N)CC2CCC1C2. The molecule has 0 aromatic rings. The average molecular weight is 280 g/mol. The van der Waals surface area contributed by atoms with E-state index in [1.807, 2.05) is 0 Å². The van der Waals surface area contributed by atoms with Crippen LogP contribution in [0.1, 0.15) is 103 Å². The van der Waals surface area contributed by atoms with E-state index in [0.29, 0.717) is 0 Å². The lowest BCUT2D eigenvalue weighted by Gasteiger charge is -2.34. The van der Waals surface area contributed by atoms with E-state index in [2.05, 4.69) is 6.92 Å². The summed E-state index contributed by atoms with van der Waals surface area (Å²) < 4.78 is 0. The van der Waals surface area contributed by atoms with Gasteiger partial charge in [-0.15, -0.1) is 0 Å². The number of hydrogen-bond acceptors (Lipinski definition) is 1.